The Morgan fingerprint density at radius 1 is 1.38 bits per heavy atom. The molecule has 1 aromatic heterocycles. The maximum Gasteiger partial charge on any atom is 0.226 e. The molecule has 2 N–H and O–H groups in total. The van der Waals surface area contributed by atoms with Crippen molar-refractivity contribution in [1.29, 1.82) is 0 Å². The molecule has 1 heterocycles. The lowest BCUT2D eigenvalue weighted by molar-refractivity contribution is 0.520. The highest BCUT2D eigenvalue weighted by Crippen LogP contribution is 2.27. The van der Waals surface area contributed by atoms with Crippen LogP contribution < -0.4 is 10.6 Å². The van der Waals surface area contributed by atoms with Crippen molar-refractivity contribution in [3.05, 3.63) is 17.5 Å². The maximum atomic E-state index is 5.75. The number of hydrogen-bond acceptors (Lipinski definition) is 4. The monoisotopic (exact) mass is 306 g/mol. The van der Waals surface area contributed by atoms with E-state index in [4.69, 9.17) is 18.0 Å². The van der Waals surface area contributed by atoms with Gasteiger partial charge in [0.15, 0.2) is 0 Å². The van der Waals surface area contributed by atoms with Crippen LogP contribution in [0.1, 0.15) is 57.3 Å². The van der Waals surface area contributed by atoms with Crippen LogP contribution in [0.5, 0.6) is 0 Å². The Kier molecular flexibility index (Phi) is 5.51. The third-order valence-corrected chi connectivity index (χ3v) is 4.27. The molecule has 0 aliphatic heterocycles. The molecule has 0 radical (unpaired) electrons. The van der Waals surface area contributed by atoms with Crippen molar-refractivity contribution in [2.45, 2.75) is 58.9 Å². The molecule has 0 unspecified atom stereocenters. The van der Waals surface area contributed by atoms with E-state index in [0.29, 0.717) is 22.6 Å². The van der Waals surface area contributed by atoms with E-state index in [2.05, 4.69) is 28.7 Å². The maximum absolute atomic E-state index is 5.75. The molecule has 0 spiro atoms. The van der Waals surface area contributed by atoms with Crippen molar-refractivity contribution in [3.8, 4) is 0 Å². The topological polar surface area (TPSA) is 55.0 Å². The van der Waals surface area contributed by atoms with Gasteiger partial charge in [-0.1, -0.05) is 38.9 Å². The summed E-state index contributed by atoms with van der Waals surface area (Å²) in [6, 6.07) is 2.42. The number of hydrogen-bond donors (Lipinski definition) is 1. The van der Waals surface area contributed by atoms with Crippen LogP contribution in [0, 0.1) is 12.8 Å². The molecule has 0 amide bonds. The van der Waals surface area contributed by atoms with Gasteiger partial charge in [0.05, 0.1) is 0 Å². The van der Waals surface area contributed by atoms with Crippen LogP contribution in [0.15, 0.2) is 6.07 Å². The predicted molar refractivity (Wildman–Crippen MR) is 91.7 cm³/mol. The summed E-state index contributed by atoms with van der Waals surface area (Å²) >= 11 is 5.08. The minimum absolute atomic E-state index is 0.344. The van der Waals surface area contributed by atoms with Gasteiger partial charge in [0.1, 0.15) is 10.7 Å². The second kappa shape index (κ2) is 7.16. The van der Waals surface area contributed by atoms with Gasteiger partial charge >= 0.3 is 0 Å². The van der Waals surface area contributed by atoms with Gasteiger partial charge in [-0.25, -0.2) is 9.97 Å². The van der Waals surface area contributed by atoms with Gasteiger partial charge in [0, 0.05) is 18.3 Å². The fourth-order valence-electron chi connectivity index (χ4n) is 2.87. The first kappa shape index (κ1) is 16.1. The lowest BCUT2D eigenvalue weighted by atomic mass is 10.1. The molecule has 1 saturated carbocycles. The molecule has 0 atom stereocenters. The molecule has 1 aliphatic rings. The highest BCUT2D eigenvalue weighted by atomic mass is 32.1. The van der Waals surface area contributed by atoms with E-state index in [9.17, 15) is 0 Å². The fraction of sp³-hybridized carbons (Fsp3) is 0.688. The first-order chi connectivity index (χ1) is 9.97. The molecule has 1 aliphatic carbocycles. The van der Waals surface area contributed by atoms with Gasteiger partial charge < -0.3 is 10.6 Å². The fourth-order valence-corrected chi connectivity index (χ4v) is 2.97. The highest BCUT2D eigenvalue weighted by Gasteiger charge is 2.25. The number of anilines is 1. The number of nitrogens with two attached hydrogens (primary N) is 1. The van der Waals surface area contributed by atoms with E-state index in [1.807, 2.05) is 13.0 Å². The van der Waals surface area contributed by atoms with Gasteiger partial charge in [-0.05, 0) is 38.2 Å². The van der Waals surface area contributed by atoms with Crippen LogP contribution >= 0.6 is 12.2 Å². The van der Waals surface area contributed by atoms with E-state index in [1.54, 1.807) is 0 Å². The smallest absolute Gasteiger partial charge is 0.226 e. The number of aryl methyl sites for hydroxylation is 1. The average Bonchev–Trinajstić information content (AvgIpc) is 2.92. The van der Waals surface area contributed by atoms with Gasteiger partial charge in [-0.2, -0.15) is 0 Å². The summed E-state index contributed by atoms with van der Waals surface area (Å²) in [6.07, 6.45) is 6.22. The minimum Gasteiger partial charge on any atom is -0.388 e. The van der Waals surface area contributed by atoms with Crippen LogP contribution in [0.25, 0.3) is 0 Å². The third-order valence-electron chi connectivity index (χ3n) is 4.06. The first-order valence-corrected chi connectivity index (χ1v) is 8.30. The summed E-state index contributed by atoms with van der Waals surface area (Å²) < 4.78 is 0. The van der Waals surface area contributed by atoms with Gasteiger partial charge in [0.2, 0.25) is 5.95 Å². The molecule has 0 bridgehead atoms. The summed E-state index contributed by atoms with van der Waals surface area (Å²) in [7, 11) is 0. The zero-order valence-electron chi connectivity index (χ0n) is 13.3. The predicted octanol–water partition coefficient (Wildman–Crippen LogP) is 3.21. The second-order valence-electron chi connectivity index (χ2n) is 6.37. The van der Waals surface area contributed by atoms with Crippen molar-refractivity contribution < 1.29 is 0 Å². The molecule has 4 nitrogen and oxygen atoms in total. The van der Waals surface area contributed by atoms with Crippen molar-refractivity contribution in [2.75, 3.05) is 11.4 Å². The largest absolute Gasteiger partial charge is 0.388 e. The zero-order valence-corrected chi connectivity index (χ0v) is 14.1. The van der Waals surface area contributed by atoms with Crippen molar-refractivity contribution in [3.63, 3.8) is 0 Å². The summed E-state index contributed by atoms with van der Waals surface area (Å²) in [6.45, 7) is 7.49. The Bertz CT molecular complexity index is 495. The van der Waals surface area contributed by atoms with E-state index < -0.39 is 0 Å². The molecule has 2 rings (SSSR count). The Balaban J connectivity index is 2.28. The van der Waals surface area contributed by atoms with Crippen molar-refractivity contribution in [1.82, 2.24) is 9.97 Å². The Morgan fingerprint density at radius 2 is 2.05 bits per heavy atom. The quantitative estimate of drug-likeness (QED) is 0.818. The standard InChI is InChI=1S/C16H26N4S/c1-11(2)8-9-20(13-6-4-5-7-13)16-18-12(3)10-14(19-16)15(17)21/h10-11,13H,4-9H2,1-3H3,(H2,17,21). The van der Waals surface area contributed by atoms with Gasteiger partial charge in [-0.15, -0.1) is 0 Å². The SMILES string of the molecule is Cc1cc(C(N)=S)nc(N(CCC(C)C)C2CCCC2)n1. The molecule has 21 heavy (non-hydrogen) atoms. The van der Waals surface area contributed by atoms with Crippen LogP contribution in [0.3, 0.4) is 0 Å². The van der Waals surface area contributed by atoms with Crippen LogP contribution in [-0.4, -0.2) is 27.5 Å². The molecule has 0 aromatic carbocycles. The molecular formula is C16H26N4S. The molecule has 0 saturated heterocycles. The van der Waals surface area contributed by atoms with Gasteiger partial charge in [0.25, 0.3) is 0 Å². The Hall–Kier alpha value is -1.23. The minimum atomic E-state index is 0.344. The normalized spacial score (nSPS) is 15.6. The summed E-state index contributed by atoms with van der Waals surface area (Å²) in [5.74, 6) is 1.47. The molecule has 1 fully saturated rings. The third kappa shape index (κ3) is 4.37. The van der Waals surface area contributed by atoms with E-state index >= 15 is 0 Å². The summed E-state index contributed by atoms with van der Waals surface area (Å²) in [5, 5.41) is 0. The van der Waals surface area contributed by atoms with Crippen LogP contribution in [0.4, 0.5) is 5.95 Å². The second-order valence-corrected chi connectivity index (χ2v) is 6.81. The Morgan fingerprint density at radius 3 is 2.62 bits per heavy atom. The van der Waals surface area contributed by atoms with E-state index in [-0.39, 0.29) is 0 Å². The van der Waals surface area contributed by atoms with E-state index in [0.717, 1.165) is 24.6 Å². The van der Waals surface area contributed by atoms with E-state index in [1.165, 1.54) is 25.7 Å². The highest BCUT2D eigenvalue weighted by molar-refractivity contribution is 7.80. The van der Waals surface area contributed by atoms with Crippen molar-refractivity contribution in [2.24, 2.45) is 11.7 Å². The number of aromatic nitrogens is 2. The first-order valence-electron chi connectivity index (χ1n) is 7.89. The average molecular weight is 306 g/mol. The van der Waals surface area contributed by atoms with Gasteiger partial charge in [-0.3, -0.25) is 0 Å². The Labute approximate surface area is 133 Å². The molecule has 5 heteroatoms. The van der Waals surface area contributed by atoms with Crippen LogP contribution in [-0.2, 0) is 0 Å². The summed E-state index contributed by atoms with van der Waals surface area (Å²) in [4.78, 5) is 12.0. The van der Waals surface area contributed by atoms with Crippen molar-refractivity contribution >= 4 is 23.2 Å². The molecule has 1 aromatic rings. The zero-order chi connectivity index (χ0) is 15.4. The van der Waals surface area contributed by atoms with Crippen LogP contribution in [0.2, 0.25) is 0 Å². The molecular weight excluding hydrogens is 280 g/mol. The number of thiocarbonyl (C=S) groups is 1. The number of rotatable bonds is 6. The summed E-state index contributed by atoms with van der Waals surface area (Å²) in [5.41, 5.74) is 7.36. The molecule has 116 valence electrons. The lowest BCUT2D eigenvalue weighted by Crippen LogP contribution is -2.36. The lowest BCUT2D eigenvalue weighted by Gasteiger charge is -2.30. The number of nitrogens with zero attached hydrogens (tertiary/aromatic N) is 3.